The molecule has 120 valence electrons. The lowest BCUT2D eigenvalue weighted by Crippen LogP contribution is -2.53. The summed E-state index contributed by atoms with van der Waals surface area (Å²) in [7, 11) is 0. The lowest BCUT2D eigenvalue weighted by atomic mass is 9.82. The van der Waals surface area contributed by atoms with Crippen molar-refractivity contribution in [1.29, 1.82) is 0 Å². The molecule has 2 rings (SSSR count). The van der Waals surface area contributed by atoms with Gasteiger partial charge in [0.05, 0.1) is 0 Å². The summed E-state index contributed by atoms with van der Waals surface area (Å²) in [5.41, 5.74) is -2.06. The van der Waals surface area contributed by atoms with Crippen LogP contribution < -0.4 is 0 Å². The van der Waals surface area contributed by atoms with Crippen LogP contribution in [0.4, 0.5) is 30.7 Å². The third-order valence-corrected chi connectivity index (χ3v) is 4.25. The molecule has 0 saturated heterocycles. The van der Waals surface area contributed by atoms with Crippen molar-refractivity contribution < 1.29 is 40.6 Å². The van der Waals surface area contributed by atoms with Gasteiger partial charge in [-0.3, -0.25) is 4.79 Å². The predicted molar refractivity (Wildman–Crippen MR) is 56.1 cm³/mol. The van der Waals surface area contributed by atoms with Gasteiger partial charge in [-0.15, -0.1) is 0 Å². The summed E-state index contributed by atoms with van der Waals surface area (Å²) in [5, 5.41) is 9.31. The van der Waals surface area contributed by atoms with Crippen LogP contribution >= 0.6 is 0 Å². The molecule has 0 aromatic heterocycles. The van der Waals surface area contributed by atoms with Gasteiger partial charge in [-0.2, -0.15) is 30.7 Å². The molecule has 0 aliphatic heterocycles. The molecule has 2 saturated carbocycles. The van der Waals surface area contributed by atoms with E-state index >= 15 is 0 Å². The maximum absolute atomic E-state index is 13.4. The summed E-state index contributed by atoms with van der Waals surface area (Å²) in [6.45, 7) is 1.41. The Labute approximate surface area is 114 Å². The Balaban J connectivity index is 2.51. The van der Waals surface area contributed by atoms with Crippen LogP contribution in [-0.2, 0) is 4.79 Å². The van der Waals surface area contributed by atoms with E-state index in [4.69, 9.17) is 0 Å². The summed E-state index contributed by atoms with van der Waals surface area (Å²) < 4.78 is 88.9. The van der Waals surface area contributed by atoms with Crippen molar-refractivity contribution in [1.82, 2.24) is 0 Å². The molecule has 2 atom stereocenters. The highest BCUT2D eigenvalue weighted by Crippen LogP contribution is 2.57. The van der Waals surface area contributed by atoms with Gasteiger partial charge < -0.3 is 5.11 Å². The number of ketones is 1. The second-order valence-electron chi connectivity index (χ2n) is 5.74. The van der Waals surface area contributed by atoms with Gasteiger partial charge in [-0.25, -0.2) is 0 Å². The van der Waals surface area contributed by atoms with Crippen molar-refractivity contribution in [3.63, 3.8) is 0 Å². The molecular formula is C12H11F7O2. The molecule has 2 fully saturated rings. The summed E-state index contributed by atoms with van der Waals surface area (Å²) in [5.74, 6) is -16.7. The lowest BCUT2D eigenvalue weighted by molar-refractivity contribution is -0.349. The van der Waals surface area contributed by atoms with Gasteiger partial charge in [-0.1, -0.05) is 6.92 Å². The third-order valence-electron chi connectivity index (χ3n) is 4.25. The fraction of sp³-hybridized carbons (Fsp3) is 0.750. The Morgan fingerprint density at radius 2 is 1.71 bits per heavy atom. The Bertz CT molecular complexity index is 520. The molecule has 2 bridgehead atoms. The van der Waals surface area contributed by atoms with E-state index in [2.05, 4.69) is 0 Å². The average Bonchev–Trinajstić information content (AvgIpc) is 2.80. The topological polar surface area (TPSA) is 37.3 Å². The van der Waals surface area contributed by atoms with E-state index in [0.29, 0.717) is 6.42 Å². The van der Waals surface area contributed by atoms with Crippen molar-refractivity contribution in [2.75, 3.05) is 0 Å². The number of aliphatic hydroxyl groups excluding tert-OH is 1. The Kier molecular flexibility index (Phi) is 3.17. The van der Waals surface area contributed by atoms with Crippen LogP contribution in [0.5, 0.6) is 0 Å². The third kappa shape index (κ3) is 1.96. The van der Waals surface area contributed by atoms with E-state index in [-0.39, 0.29) is 12.8 Å². The number of carbonyl (C=O) groups is 1. The quantitative estimate of drug-likeness (QED) is 0.474. The molecule has 21 heavy (non-hydrogen) atoms. The van der Waals surface area contributed by atoms with Gasteiger partial charge >= 0.3 is 18.0 Å². The van der Waals surface area contributed by atoms with Gasteiger partial charge in [0.1, 0.15) is 0 Å². The second kappa shape index (κ2) is 4.13. The average molecular weight is 320 g/mol. The normalized spacial score (nSPS) is 32.8. The molecule has 0 aromatic carbocycles. The van der Waals surface area contributed by atoms with E-state index < -0.39 is 46.5 Å². The highest BCUT2D eigenvalue weighted by molar-refractivity contribution is 6.04. The molecule has 0 unspecified atom stereocenters. The van der Waals surface area contributed by atoms with Crippen LogP contribution in [0.3, 0.4) is 0 Å². The second-order valence-corrected chi connectivity index (χ2v) is 5.74. The predicted octanol–water partition coefficient (Wildman–Crippen LogP) is 4.02. The number of Topliss-reactive ketones (excluding diaryl/α,β-unsaturated/α-hetero) is 1. The first-order valence-electron chi connectivity index (χ1n) is 6.06. The van der Waals surface area contributed by atoms with Gasteiger partial charge in [0.25, 0.3) is 0 Å². The summed E-state index contributed by atoms with van der Waals surface area (Å²) >= 11 is 0. The highest BCUT2D eigenvalue weighted by atomic mass is 19.4. The zero-order valence-electron chi connectivity index (χ0n) is 10.7. The summed E-state index contributed by atoms with van der Waals surface area (Å²) in [6, 6.07) is 0. The number of hydrogen-bond acceptors (Lipinski definition) is 2. The van der Waals surface area contributed by atoms with Gasteiger partial charge in [0.2, 0.25) is 0 Å². The zero-order valence-corrected chi connectivity index (χ0v) is 10.7. The van der Waals surface area contributed by atoms with Crippen molar-refractivity contribution in [2.45, 2.75) is 44.2 Å². The SMILES string of the molecule is C[C@@]12CC[C@@H](C1)/C(=C(\O)C(F)(F)C(F)(F)C(F)(F)F)C2=O. The fourth-order valence-corrected chi connectivity index (χ4v) is 3.00. The highest BCUT2D eigenvalue weighted by Gasteiger charge is 2.76. The standard InChI is InChI=1S/C12H11F7O2/c1-9-3-2-5(4-9)6(7(9)20)8(21)10(13,14)11(15,16)12(17,18)19/h5,21H,2-4H2,1H3/b8-6+/t5-,9+/m0/s1. The fourth-order valence-electron chi connectivity index (χ4n) is 3.00. The van der Waals surface area contributed by atoms with Crippen LogP contribution in [0.2, 0.25) is 0 Å². The van der Waals surface area contributed by atoms with Crippen molar-refractivity contribution in [3.05, 3.63) is 11.3 Å². The Morgan fingerprint density at radius 1 is 1.19 bits per heavy atom. The first-order chi connectivity index (χ1) is 9.26. The van der Waals surface area contributed by atoms with Crippen LogP contribution in [0.15, 0.2) is 11.3 Å². The van der Waals surface area contributed by atoms with Crippen LogP contribution in [0.1, 0.15) is 26.2 Å². The number of hydrogen-bond donors (Lipinski definition) is 1. The smallest absolute Gasteiger partial charge is 0.460 e. The number of alkyl halides is 7. The molecule has 0 heterocycles. The zero-order chi connectivity index (χ0) is 16.4. The van der Waals surface area contributed by atoms with E-state index in [1.54, 1.807) is 0 Å². The van der Waals surface area contributed by atoms with Crippen LogP contribution in [0.25, 0.3) is 0 Å². The van der Waals surface area contributed by atoms with E-state index in [9.17, 15) is 40.6 Å². The first kappa shape index (κ1) is 16.1. The van der Waals surface area contributed by atoms with Gasteiger partial charge in [0, 0.05) is 11.0 Å². The minimum atomic E-state index is -6.55. The van der Waals surface area contributed by atoms with E-state index in [1.807, 2.05) is 0 Å². The maximum Gasteiger partial charge on any atom is 0.460 e. The minimum absolute atomic E-state index is 0.0683. The summed E-state index contributed by atoms with van der Waals surface area (Å²) in [4.78, 5) is 11.9. The van der Waals surface area contributed by atoms with Gasteiger partial charge in [-0.05, 0) is 25.2 Å². The molecule has 0 radical (unpaired) electrons. The molecule has 1 N–H and O–H groups in total. The van der Waals surface area contributed by atoms with Crippen molar-refractivity contribution in [2.24, 2.45) is 11.3 Å². The number of rotatable bonds is 2. The van der Waals surface area contributed by atoms with Crippen LogP contribution in [-0.4, -0.2) is 28.9 Å². The number of allylic oxidation sites excluding steroid dienone is 2. The van der Waals surface area contributed by atoms with Crippen LogP contribution in [0, 0.1) is 11.3 Å². The first-order valence-corrected chi connectivity index (χ1v) is 6.06. The molecule has 2 aliphatic carbocycles. The minimum Gasteiger partial charge on any atom is -0.506 e. The lowest BCUT2D eigenvalue weighted by Gasteiger charge is -2.29. The largest absolute Gasteiger partial charge is 0.506 e. The number of carbonyl (C=O) groups excluding carboxylic acids is 1. The molecule has 0 spiro atoms. The number of aliphatic hydroxyl groups is 1. The molecule has 2 aliphatic rings. The molecule has 2 nitrogen and oxygen atoms in total. The number of fused-ring (bicyclic) bond motifs is 2. The molecule has 0 amide bonds. The van der Waals surface area contributed by atoms with E-state index in [0.717, 1.165) is 0 Å². The Morgan fingerprint density at radius 3 is 2.10 bits per heavy atom. The molecular weight excluding hydrogens is 309 g/mol. The maximum atomic E-state index is 13.4. The van der Waals surface area contributed by atoms with E-state index in [1.165, 1.54) is 6.92 Å². The Hall–Kier alpha value is -1.28. The molecule has 0 aromatic rings. The van der Waals surface area contributed by atoms with Crippen molar-refractivity contribution in [3.8, 4) is 0 Å². The summed E-state index contributed by atoms with van der Waals surface area (Å²) in [6.07, 6.45) is -5.96. The van der Waals surface area contributed by atoms with Crippen molar-refractivity contribution >= 4 is 5.78 Å². The number of halogens is 7. The van der Waals surface area contributed by atoms with Gasteiger partial charge in [0.15, 0.2) is 11.5 Å². The molecule has 9 heteroatoms. The monoisotopic (exact) mass is 320 g/mol.